The Kier molecular flexibility index (Phi) is 3.88. The lowest BCUT2D eigenvalue weighted by Crippen LogP contribution is -1.83. The van der Waals surface area contributed by atoms with Gasteiger partial charge in [-0.3, -0.25) is 0 Å². The first-order chi connectivity index (χ1) is 14.8. The van der Waals surface area contributed by atoms with Gasteiger partial charge in [-0.25, -0.2) is 0 Å². The Hall–Kier alpha value is -3.92. The molecule has 4 heterocycles. The largest absolute Gasteiger partial charge is 0.457 e. The minimum absolute atomic E-state index is 0.189. The monoisotopic (exact) mass is 394 g/mol. The van der Waals surface area contributed by atoms with Gasteiger partial charge in [-0.15, -0.1) is 0 Å². The van der Waals surface area contributed by atoms with Gasteiger partial charge in [0, 0.05) is 0 Å². The van der Waals surface area contributed by atoms with E-state index in [1.54, 1.807) is 0 Å². The highest BCUT2D eigenvalue weighted by Gasteiger charge is 2.18. The number of hydrogen-bond donors (Lipinski definition) is 0. The third-order valence-electron chi connectivity index (χ3n) is 5.35. The van der Waals surface area contributed by atoms with E-state index in [0.717, 1.165) is 11.5 Å². The van der Waals surface area contributed by atoms with Gasteiger partial charge in [0.2, 0.25) is 0 Å². The van der Waals surface area contributed by atoms with Crippen LogP contribution in [0.15, 0.2) is 115 Å². The molecule has 30 heavy (non-hydrogen) atoms. The summed E-state index contributed by atoms with van der Waals surface area (Å²) >= 11 is 0. The SMILES string of the molecule is C1=CC(c2ccc(-c3ccc(-c4ccc(-c5ccc(C6C=CC=C6)o5)o4)o3)o2)C=C1. The van der Waals surface area contributed by atoms with Gasteiger partial charge < -0.3 is 17.7 Å². The first kappa shape index (κ1) is 17.0. The molecule has 4 heteroatoms. The zero-order valence-corrected chi connectivity index (χ0v) is 16.0. The van der Waals surface area contributed by atoms with Crippen molar-refractivity contribution in [3.05, 3.63) is 109 Å². The van der Waals surface area contributed by atoms with Crippen molar-refractivity contribution in [3.63, 3.8) is 0 Å². The van der Waals surface area contributed by atoms with Gasteiger partial charge in [-0.1, -0.05) is 48.6 Å². The third kappa shape index (κ3) is 2.94. The normalized spacial score (nSPS) is 15.9. The predicted octanol–water partition coefficient (Wildman–Crippen LogP) is 7.48. The zero-order chi connectivity index (χ0) is 19.9. The average Bonchev–Trinajstić information content (AvgIpc) is 3.62. The molecule has 0 bridgehead atoms. The Morgan fingerprint density at radius 1 is 0.367 bits per heavy atom. The maximum absolute atomic E-state index is 6.00. The standard InChI is InChI=1S/C26H18O4/c1-2-6-17(5-1)19-9-11-21(27-19)23-13-15-25(29-23)26-16-14-24(30-26)22-12-10-20(28-22)18-7-3-4-8-18/h1-18H. The van der Waals surface area contributed by atoms with Crippen molar-refractivity contribution in [2.45, 2.75) is 11.8 Å². The van der Waals surface area contributed by atoms with Crippen molar-refractivity contribution < 1.29 is 17.7 Å². The van der Waals surface area contributed by atoms with Crippen molar-refractivity contribution in [1.82, 2.24) is 0 Å². The van der Waals surface area contributed by atoms with Crippen LogP contribution < -0.4 is 0 Å². The Bertz CT molecular complexity index is 1190. The lowest BCUT2D eigenvalue weighted by atomic mass is 10.1. The molecule has 0 aromatic carbocycles. The molecule has 0 unspecified atom stereocenters. The molecule has 6 rings (SSSR count). The lowest BCUT2D eigenvalue weighted by Gasteiger charge is -1.99. The minimum atomic E-state index is 0.189. The molecule has 0 radical (unpaired) electrons. The number of furan rings is 4. The molecule has 0 amide bonds. The Labute approximate surface area is 173 Å². The molecule has 0 saturated carbocycles. The molecule has 0 aliphatic heterocycles. The summed E-state index contributed by atoms with van der Waals surface area (Å²) in [4.78, 5) is 0. The summed E-state index contributed by atoms with van der Waals surface area (Å²) in [5.74, 6) is 6.19. The number of hydrogen-bond acceptors (Lipinski definition) is 4. The Morgan fingerprint density at radius 3 is 1.03 bits per heavy atom. The van der Waals surface area contributed by atoms with Crippen LogP contribution in [0.1, 0.15) is 23.4 Å². The summed E-state index contributed by atoms with van der Waals surface area (Å²) in [6, 6.07) is 15.4. The topological polar surface area (TPSA) is 52.6 Å². The van der Waals surface area contributed by atoms with E-state index in [2.05, 4.69) is 24.3 Å². The van der Waals surface area contributed by atoms with Crippen LogP contribution in [0.3, 0.4) is 0 Å². The van der Waals surface area contributed by atoms with Gasteiger partial charge in [0.1, 0.15) is 11.5 Å². The smallest absolute Gasteiger partial charge is 0.170 e. The van der Waals surface area contributed by atoms with E-state index in [9.17, 15) is 0 Å². The minimum Gasteiger partial charge on any atom is -0.457 e. The lowest BCUT2D eigenvalue weighted by molar-refractivity contribution is 0.479. The molecule has 4 aromatic rings. The molecular weight excluding hydrogens is 376 g/mol. The van der Waals surface area contributed by atoms with E-state index in [1.807, 2.05) is 72.8 Å². The molecule has 146 valence electrons. The fourth-order valence-electron chi connectivity index (χ4n) is 3.78. The van der Waals surface area contributed by atoms with E-state index in [4.69, 9.17) is 17.7 Å². The second kappa shape index (κ2) is 6.85. The third-order valence-corrected chi connectivity index (χ3v) is 5.35. The first-order valence-corrected chi connectivity index (χ1v) is 9.94. The second-order valence-electron chi connectivity index (χ2n) is 7.32. The van der Waals surface area contributed by atoms with Crippen LogP contribution in [0.4, 0.5) is 0 Å². The van der Waals surface area contributed by atoms with Crippen LogP contribution in [0.25, 0.3) is 34.6 Å². The van der Waals surface area contributed by atoms with Crippen LogP contribution >= 0.6 is 0 Å². The van der Waals surface area contributed by atoms with Crippen molar-refractivity contribution >= 4 is 0 Å². The molecule has 2 aliphatic carbocycles. The fourth-order valence-corrected chi connectivity index (χ4v) is 3.78. The van der Waals surface area contributed by atoms with Crippen molar-refractivity contribution in [2.24, 2.45) is 0 Å². The molecule has 0 fully saturated rings. The summed E-state index contributed by atoms with van der Waals surface area (Å²) < 4.78 is 23.9. The quantitative estimate of drug-likeness (QED) is 0.352. The fraction of sp³-hybridized carbons (Fsp3) is 0.0769. The summed E-state index contributed by atoms with van der Waals surface area (Å²) in [6.07, 6.45) is 16.5. The molecule has 2 aliphatic rings. The highest BCUT2D eigenvalue weighted by molar-refractivity contribution is 5.62. The van der Waals surface area contributed by atoms with Gasteiger partial charge >= 0.3 is 0 Å². The average molecular weight is 394 g/mol. The Balaban J connectivity index is 1.23. The number of allylic oxidation sites excluding steroid dienone is 8. The summed E-state index contributed by atoms with van der Waals surface area (Å²) in [5, 5.41) is 0. The molecular formula is C26H18O4. The van der Waals surface area contributed by atoms with E-state index >= 15 is 0 Å². The maximum atomic E-state index is 6.00. The van der Waals surface area contributed by atoms with E-state index in [0.29, 0.717) is 34.6 Å². The molecule has 0 atom stereocenters. The highest BCUT2D eigenvalue weighted by atomic mass is 16.4. The van der Waals surface area contributed by atoms with Gasteiger partial charge in [0.15, 0.2) is 34.6 Å². The molecule has 0 saturated heterocycles. The maximum Gasteiger partial charge on any atom is 0.170 e. The van der Waals surface area contributed by atoms with Gasteiger partial charge in [-0.2, -0.15) is 0 Å². The van der Waals surface area contributed by atoms with Crippen LogP contribution in [0, 0.1) is 0 Å². The molecule has 4 aromatic heterocycles. The van der Waals surface area contributed by atoms with E-state index in [-0.39, 0.29) is 11.8 Å². The second-order valence-corrected chi connectivity index (χ2v) is 7.32. The van der Waals surface area contributed by atoms with Crippen molar-refractivity contribution in [2.75, 3.05) is 0 Å². The summed E-state index contributed by atoms with van der Waals surface area (Å²) in [5.41, 5.74) is 0. The van der Waals surface area contributed by atoms with Crippen LogP contribution in [0.5, 0.6) is 0 Å². The van der Waals surface area contributed by atoms with Crippen LogP contribution in [-0.4, -0.2) is 0 Å². The highest BCUT2D eigenvalue weighted by Crippen LogP contribution is 2.36. The molecule has 0 spiro atoms. The summed E-state index contributed by atoms with van der Waals surface area (Å²) in [6.45, 7) is 0. The van der Waals surface area contributed by atoms with Gasteiger partial charge in [-0.05, 0) is 48.5 Å². The molecule has 0 N–H and O–H groups in total. The Morgan fingerprint density at radius 2 is 0.667 bits per heavy atom. The van der Waals surface area contributed by atoms with Crippen molar-refractivity contribution in [1.29, 1.82) is 0 Å². The zero-order valence-electron chi connectivity index (χ0n) is 16.0. The van der Waals surface area contributed by atoms with Crippen LogP contribution in [0.2, 0.25) is 0 Å². The molecule has 4 nitrogen and oxygen atoms in total. The van der Waals surface area contributed by atoms with Gasteiger partial charge in [0.25, 0.3) is 0 Å². The first-order valence-electron chi connectivity index (χ1n) is 9.94. The predicted molar refractivity (Wildman–Crippen MR) is 114 cm³/mol. The summed E-state index contributed by atoms with van der Waals surface area (Å²) in [7, 11) is 0. The van der Waals surface area contributed by atoms with E-state index < -0.39 is 0 Å². The van der Waals surface area contributed by atoms with Crippen LogP contribution in [-0.2, 0) is 0 Å². The number of rotatable bonds is 5. The van der Waals surface area contributed by atoms with E-state index in [1.165, 1.54) is 0 Å². The van der Waals surface area contributed by atoms with Gasteiger partial charge in [0.05, 0.1) is 11.8 Å². The van der Waals surface area contributed by atoms with Crippen molar-refractivity contribution in [3.8, 4) is 34.6 Å².